The SMILES string of the molecule is Nc1nc(C=CC2CCCC(=O)N2)cs1. The van der Waals surface area contributed by atoms with Gasteiger partial charge in [-0.1, -0.05) is 6.08 Å². The molecule has 0 radical (unpaired) electrons. The molecule has 5 heteroatoms. The van der Waals surface area contributed by atoms with E-state index in [4.69, 9.17) is 5.73 Å². The minimum Gasteiger partial charge on any atom is -0.375 e. The minimum absolute atomic E-state index is 0.133. The summed E-state index contributed by atoms with van der Waals surface area (Å²) in [6.07, 6.45) is 6.49. The van der Waals surface area contributed by atoms with E-state index in [1.165, 1.54) is 11.3 Å². The highest BCUT2D eigenvalue weighted by Crippen LogP contribution is 2.14. The van der Waals surface area contributed by atoms with E-state index >= 15 is 0 Å². The molecule has 2 heterocycles. The van der Waals surface area contributed by atoms with Crippen molar-refractivity contribution < 1.29 is 4.79 Å². The molecule has 0 aromatic carbocycles. The molecular weight excluding hydrogens is 210 g/mol. The number of rotatable bonds is 2. The molecule has 1 aliphatic heterocycles. The van der Waals surface area contributed by atoms with Crippen molar-refractivity contribution >= 4 is 28.5 Å². The van der Waals surface area contributed by atoms with Crippen LogP contribution in [0.5, 0.6) is 0 Å². The Morgan fingerprint density at radius 2 is 2.53 bits per heavy atom. The Morgan fingerprint density at radius 3 is 3.20 bits per heavy atom. The van der Waals surface area contributed by atoms with Gasteiger partial charge < -0.3 is 11.1 Å². The standard InChI is InChI=1S/C10H13N3OS/c11-10-13-8(6-15-10)5-4-7-2-1-3-9(14)12-7/h4-7H,1-3H2,(H2,11,13)(H,12,14). The monoisotopic (exact) mass is 223 g/mol. The van der Waals surface area contributed by atoms with Gasteiger partial charge in [-0.05, 0) is 18.9 Å². The molecule has 4 nitrogen and oxygen atoms in total. The summed E-state index contributed by atoms with van der Waals surface area (Å²) >= 11 is 1.42. The molecule has 1 aliphatic rings. The molecular formula is C10H13N3OS. The third kappa shape index (κ3) is 2.79. The van der Waals surface area contributed by atoms with Gasteiger partial charge in [-0.3, -0.25) is 4.79 Å². The van der Waals surface area contributed by atoms with Gasteiger partial charge in [0.15, 0.2) is 5.13 Å². The first-order valence-electron chi connectivity index (χ1n) is 4.92. The molecule has 0 spiro atoms. The number of anilines is 1. The predicted molar refractivity (Wildman–Crippen MR) is 61.3 cm³/mol. The molecule has 1 saturated heterocycles. The maximum Gasteiger partial charge on any atom is 0.220 e. The Bertz CT molecular complexity index is 386. The van der Waals surface area contributed by atoms with E-state index in [2.05, 4.69) is 10.3 Å². The minimum atomic E-state index is 0.133. The molecule has 1 unspecified atom stereocenters. The number of thiazole rings is 1. The van der Waals surface area contributed by atoms with Gasteiger partial charge in [0.1, 0.15) is 0 Å². The van der Waals surface area contributed by atoms with Crippen molar-refractivity contribution in [3.8, 4) is 0 Å². The van der Waals surface area contributed by atoms with Crippen LogP contribution < -0.4 is 11.1 Å². The van der Waals surface area contributed by atoms with E-state index in [0.29, 0.717) is 11.6 Å². The van der Waals surface area contributed by atoms with Gasteiger partial charge in [0.2, 0.25) is 5.91 Å². The summed E-state index contributed by atoms with van der Waals surface area (Å²) in [6, 6.07) is 0.147. The van der Waals surface area contributed by atoms with Crippen LogP contribution in [0.4, 0.5) is 5.13 Å². The number of carbonyl (C=O) groups is 1. The van der Waals surface area contributed by atoms with Gasteiger partial charge in [-0.2, -0.15) is 0 Å². The lowest BCUT2D eigenvalue weighted by Gasteiger charge is -2.19. The number of hydrogen-bond donors (Lipinski definition) is 2. The van der Waals surface area contributed by atoms with Crippen molar-refractivity contribution in [2.45, 2.75) is 25.3 Å². The van der Waals surface area contributed by atoms with Gasteiger partial charge in [0.05, 0.1) is 5.69 Å². The Kier molecular flexibility index (Phi) is 3.01. The summed E-state index contributed by atoms with van der Waals surface area (Å²) in [4.78, 5) is 15.2. The summed E-state index contributed by atoms with van der Waals surface area (Å²) in [7, 11) is 0. The summed E-state index contributed by atoms with van der Waals surface area (Å²) < 4.78 is 0. The van der Waals surface area contributed by atoms with Crippen LogP contribution >= 0.6 is 11.3 Å². The molecule has 1 aromatic rings. The average molecular weight is 223 g/mol. The average Bonchev–Trinajstić information content (AvgIpc) is 2.62. The van der Waals surface area contributed by atoms with Gasteiger partial charge in [0.25, 0.3) is 0 Å². The lowest BCUT2D eigenvalue weighted by atomic mass is 10.0. The smallest absolute Gasteiger partial charge is 0.220 e. The zero-order valence-corrected chi connectivity index (χ0v) is 9.09. The molecule has 1 aromatic heterocycles. The fourth-order valence-electron chi connectivity index (χ4n) is 1.57. The molecule has 1 atom stereocenters. The molecule has 0 saturated carbocycles. The normalized spacial score (nSPS) is 21.9. The van der Waals surface area contributed by atoms with Crippen LogP contribution in [0.25, 0.3) is 6.08 Å². The van der Waals surface area contributed by atoms with Gasteiger partial charge in [-0.15, -0.1) is 11.3 Å². The Morgan fingerprint density at radius 1 is 1.67 bits per heavy atom. The number of carbonyl (C=O) groups excluding carboxylic acids is 1. The van der Waals surface area contributed by atoms with Crippen LogP contribution in [0.15, 0.2) is 11.5 Å². The number of nitrogen functional groups attached to an aromatic ring is 1. The molecule has 0 bridgehead atoms. The van der Waals surface area contributed by atoms with Crippen LogP contribution in [0, 0.1) is 0 Å². The number of nitrogens with zero attached hydrogens (tertiary/aromatic N) is 1. The number of nitrogens with two attached hydrogens (primary N) is 1. The number of piperidine rings is 1. The van der Waals surface area contributed by atoms with Crippen LogP contribution in [-0.4, -0.2) is 16.9 Å². The van der Waals surface area contributed by atoms with Crippen LogP contribution in [0.2, 0.25) is 0 Å². The topological polar surface area (TPSA) is 68.0 Å². The van der Waals surface area contributed by atoms with E-state index in [1.54, 1.807) is 0 Å². The fourth-order valence-corrected chi connectivity index (χ4v) is 2.10. The zero-order chi connectivity index (χ0) is 10.7. The number of amides is 1. The second-order valence-corrected chi connectivity index (χ2v) is 4.43. The second-order valence-electron chi connectivity index (χ2n) is 3.54. The molecule has 2 rings (SSSR count). The van der Waals surface area contributed by atoms with Crippen LogP contribution in [-0.2, 0) is 4.79 Å². The van der Waals surface area contributed by atoms with Crippen molar-refractivity contribution in [1.82, 2.24) is 10.3 Å². The molecule has 3 N–H and O–H groups in total. The summed E-state index contributed by atoms with van der Waals surface area (Å²) in [6.45, 7) is 0. The highest BCUT2D eigenvalue weighted by molar-refractivity contribution is 7.13. The maximum absolute atomic E-state index is 11.1. The molecule has 0 aliphatic carbocycles. The van der Waals surface area contributed by atoms with Crippen molar-refractivity contribution in [1.29, 1.82) is 0 Å². The summed E-state index contributed by atoms with van der Waals surface area (Å²) in [5, 5.41) is 5.38. The van der Waals surface area contributed by atoms with E-state index in [-0.39, 0.29) is 11.9 Å². The number of hydrogen-bond acceptors (Lipinski definition) is 4. The van der Waals surface area contributed by atoms with Gasteiger partial charge in [0, 0.05) is 17.8 Å². The summed E-state index contributed by atoms with van der Waals surface area (Å²) in [5.41, 5.74) is 6.37. The molecule has 80 valence electrons. The van der Waals surface area contributed by atoms with E-state index in [1.807, 2.05) is 17.5 Å². The lowest BCUT2D eigenvalue weighted by molar-refractivity contribution is -0.122. The molecule has 1 fully saturated rings. The quantitative estimate of drug-likeness (QED) is 0.796. The van der Waals surface area contributed by atoms with Crippen molar-refractivity contribution in [3.05, 3.63) is 17.2 Å². The Hall–Kier alpha value is -1.36. The Balaban J connectivity index is 1.96. The number of nitrogens with one attached hydrogen (secondary N) is 1. The van der Waals surface area contributed by atoms with E-state index < -0.39 is 0 Å². The fraction of sp³-hybridized carbons (Fsp3) is 0.400. The molecule has 1 amide bonds. The first kappa shape index (κ1) is 10.2. The zero-order valence-electron chi connectivity index (χ0n) is 8.27. The highest BCUT2D eigenvalue weighted by Gasteiger charge is 2.14. The van der Waals surface area contributed by atoms with Crippen molar-refractivity contribution in [3.63, 3.8) is 0 Å². The van der Waals surface area contributed by atoms with Crippen LogP contribution in [0.1, 0.15) is 25.0 Å². The Labute approximate surface area is 92.2 Å². The third-order valence-electron chi connectivity index (χ3n) is 2.30. The third-order valence-corrected chi connectivity index (χ3v) is 3.00. The van der Waals surface area contributed by atoms with Crippen molar-refractivity contribution in [2.75, 3.05) is 5.73 Å². The van der Waals surface area contributed by atoms with E-state index in [0.717, 1.165) is 18.5 Å². The predicted octanol–water partition coefficient (Wildman–Crippen LogP) is 1.41. The van der Waals surface area contributed by atoms with Gasteiger partial charge >= 0.3 is 0 Å². The lowest BCUT2D eigenvalue weighted by Crippen LogP contribution is -2.37. The molecule has 15 heavy (non-hydrogen) atoms. The first-order chi connectivity index (χ1) is 7.24. The number of aromatic nitrogens is 1. The van der Waals surface area contributed by atoms with Gasteiger partial charge in [-0.25, -0.2) is 4.98 Å². The van der Waals surface area contributed by atoms with E-state index in [9.17, 15) is 4.79 Å². The summed E-state index contributed by atoms with van der Waals surface area (Å²) in [5.74, 6) is 0.133. The first-order valence-corrected chi connectivity index (χ1v) is 5.80. The van der Waals surface area contributed by atoms with Crippen molar-refractivity contribution in [2.24, 2.45) is 0 Å². The second kappa shape index (κ2) is 4.44. The highest BCUT2D eigenvalue weighted by atomic mass is 32.1. The largest absolute Gasteiger partial charge is 0.375 e. The maximum atomic E-state index is 11.1. The van der Waals surface area contributed by atoms with Crippen LogP contribution in [0.3, 0.4) is 0 Å².